The summed E-state index contributed by atoms with van der Waals surface area (Å²) in [6.07, 6.45) is 1.99. The van der Waals surface area contributed by atoms with Gasteiger partial charge in [-0.25, -0.2) is 0 Å². The van der Waals surface area contributed by atoms with Crippen LogP contribution in [0.2, 0.25) is 0 Å². The van der Waals surface area contributed by atoms with E-state index in [4.69, 9.17) is 5.26 Å². The summed E-state index contributed by atoms with van der Waals surface area (Å²) >= 11 is 1.56. The topological polar surface area (TPSA) is 52.9 Å². The molecule has 1 heterocycles. The predicted molar refractivity (Wildman–Crippen MR) is 60.5 cm³/mol. The van der Waals surface area contributed by atoms with Crippen LogP contribution in [0.5, 0.6) is 0 Å². The molecule has 1 aromatic heterocycles. The van der Waals surface area contributed by atoms with Crippen molar-refractivity contribution < 1.29 is 4.79 Å². The molecule has 0 spiro atoms. The zero-order chi connectivity index (χ0) is 11.1. The van der Waals surface area contributed by atoms with Crippen molar-refractivity contribution in [1.29, 1.82) is 5.26 Å². The molecule has 0 saturated heterocycles. The molecule has 1 unspecified atom stereocenters. The molecule has 0 radical (unpaired) electrons. The molecule has 1 aromatic rings. The highest BCUT2D eigenvalue weighted by atomic mass is 32.1. The molecule has 3 nitrogen and oxygen atoms in total. The summed E-state index contributed by atoms with van der Waals surface area (Å²) in [5.41, 5.74) is 0. The zero-order valence-corrected chi connectivity index (χ0v) is 9.51. The van der Waals surface area contributed by atoms with E-state index in [9.17, 15) is 4.79 Å². The number of thiophene rings is 1. The van der Waals surface area contributed by atoms with Crippen molar-refractivity contribution >= 4 is 17.2 Å². The third-order valence-electron chi connectivity index (χ3n) is 1.98. The fourth-order valence-electron chi connectivity index (χ4n) is 1.27. The largest absolute Gasteiger partial charge is 0.340 e. The lowest BCUT2D eigenvalue weighted by Gasteiger charge is -2.09. The van der Waals surface area contributed by atoms with Crippen molar-refractivity contribution in [3.05, 3.63) is 22.4 Å². The standard InChI is InChI=1S/C11H14N2OS/c1-2-4-9(8-12)13-11(14)7-10-5-3-6-15-10/h3,5-6,9H,2,4,7H2,1H3,(H,13,14). The smallest absolute Gasteiger partial charge is 0.226 e. The minimum Gasteiger partial charge on any atom is -0.340 e. The highest BCUT2D eigenvalue weighted by Gasteiger charge is 2.10. The van der Waals surface area contributed by atoms with Gasteiger partial charge in [-0.2, -0.15) is 5.26 Å². The van der Waals surface area contributed by atoms with Crippen molar-refractivity contribution in [1.82, 2.24) is 5.32 Å². The number of hydrogen-bond donors (Lipinski definition) is 1. The van der Waals surface area contributed by atoms with E-state index in [1.54, 1.807) is 11.3 Å². The second-order valence-electron chi connectivity index (χ2n) is 3.29. The van der Waals surface area contributed by atoms with Crippen LogP contribution in [0.1, 0.15) is 24.6 Å². The molecule has 0 aromatic carbocycles. The van der Waals surface area contributed by atoms with Gasteiger partial charge in [0.2, 0.25) is 5.91 Å². The van der Waals surface area contributed by atoms with Gasteiger partial charge in [0.15, 0.2) is 0 Å². The number of nitrogens with one attached hydrogen (secondary N) is 1. The maximum atomic E-state index is 11.5. The van der Waals surface area contributed by atoms with Crippen LogP contribution >= 0.6 is 11.3 Å². The number of nitrogens with zero attached hydrogens (tertiary/aromatic N) is 1. The second kappa shape index (κ2) is 6.20. The van der Waals surface area contributed by atoms with Gasteiger partial charge in [-0.05, 0) is 17.9 Å². The zero-order valence-electron chi connectivity index (χ0n) is 8.69. The van der Waals surface area contributed by atoms with Gasteiger partial charge < -0.3 is 5.32 Å². The molecule has 0 aliphatic heterocycles. The second-order valence-corrected chi connectivity index (χ2v) is 4.33. The normalized spacial score (nSPS) is 11.7. The summed E-state index contributed by atoms with van der Waals surface area (Å²) in [4.78, 5) is 12.5. The monoisotopic (exact) mass is 222 g/mol. The van der Waals surface area contributed by atoms with Gasteiger partial charge in [0.05, 0.1) is 12.5 Å². The van der Waals surface area contributed by atoms with Crippen LogP contribution in [0.4, 0.5) is 0 Å². The third-order valence-corrected chi connectivity index (χ3v) is 2.86. The maximum Gasteiger partial charge on any atom is 0.226 e. The Hall–Kier alpha value is -1.34. The molecule has 1 rings (SSSR count). The number of hydrogen-bond acceptors (Lipinski definition) is 3. The number of nitriles is 1. The summed E-state index contributed by atoms with van der Waals surface area (Å²) in [7, 11) is 0. The molecule has 0 aliphatic carbocycles. The van der Waals surface area contributed by atoms with Crippen molar-refractivity contribution in [2.24, 2.45) is 0 Å². The Kier molecular flexibility index (Phi) is 4.85. The van der Waals surface area contributed by atoms with Gasteiger partial charge in [-0.15, -0.1) is 11.3 Å². The number of carbonyl (C=O) groups is 1. The lowest BCUT2D eigenvalue weighted by Crippen LogP contribution is -2.34. The summed E-state index contributed by atoms with van der Waals surface area (Å²) in [5.74, 6) is -0.0718. The first-order chi connectivity index (χ1) is 7.26. The van der Waals surface area contributed by atoms with Crippen molar-refractivity contribution in [2.45, 2.75) is 32.2 Å². The first kappa shape index (κ1) is 11.7. The van der Waals surface area contributed by atoms with Gasteiger partial charge in [-0.1, -0.05) is 19.4 Å². The van der Waals surface area contributed by atoms with Crippen LogP contribution in [0.25, 0.3) is 0 Å². The molecule has 15 heavy (non-hydrogen) atoms. The fraction of sp³-hybridized carbons (Fsp3) is 0.455. The van der Waals surface area contributed by atoms with Gasteiger partial charge in [0, 0.05) is 4.88 Å². The molecule has 80 valence electrons. The van der Waals surface area contributed by atoms with Crippen LogP contribution < -0.4 is 5.32 Å². The van der Waals surface area contributed by atoms with Gasteiger partial charge in [0.1, 0.15) is 6.04 Å². The molecule has 0 fully saturated rings. The average molecular weight is 222 g/mol. The molecule has 4 heteroatoms. The first-order valence-electron chi connectivity index (χ1n) is 4.97. The molecule has 1 atom stereocenters. The Morgan fingerprint density at radius 2 is 2.53 bits per heavy atom. The summed E-state index contributed by atoms with van der Waals surface area (Å²) in [5, 5.41) is 13.4. The van der Waals surface area contributed by atoms with Gasteiger partial charge in [0.25, 0.3) is 0 Å². The Morgan fingerprint density at radius 3 is 3.07 bits per heavy atom. The molecule has 1 N–H and O–H groups in total. The fourth-order valence-corrected chi connectivity index (χ4v) is 1.98. The van der Waals surface area contributed by atoms with Crippen LogP contribution in [0, 0.1) is 11.3 Å². The number of rotatable bonds is 5. The lowest BCUT2D eigenvalue weighted by molar-refractivity contribution is -0.120. The SMILES string of the molecule is CCCC(C#N)NC(=O)Cc1cccs1. The van der Waals surface area contributed by atoms with E-state index in [2.05, 4.69) is 11.4 Å². The van der Waals surface area contributed by atoms with Gasteiger partial charge >= 0.3 is 0 Å². The third kappa shape index (κ3) is 4.13. The van der Waals surface area contributed by atoms with E-state index < -0.39 is 0 Å². The molecule has 0 bridgehead atoms. The van der Waals surface area contributed by atoms with Crippen LogP contribution in [0.3, 0.4) is 0 Å². The van der Waals surface area contributed by atoms with Crippen molar-refractivity contribution in [3.8, 4) is 6.07 Å². The lowest BCUT2D eigenvalue weighted by atomic mass is 10.2. The minimum absolute atomic E-state index is 0.0718. The summed E-state index contributed by atoms with van der Waals surface area (Å²) in [6, 6.07) is 5.58. The first-order valence-corrected chi connectivity index (χ1v) is 5.85. The number of carbonyl (C=O) groups excluding carboxylic acids is 1. The Balaban J connectivity index is 2.38. The Labute approximate surface area is 93.7 Å². The average Bonchev–Trinajstić information content (AvgIpc) is 2.69. The highest BCUT2D eigenvalue weighted by molar-refractivity contribution is 7.10. The Morgan fingerprint density at radius 1 is 1.73 bits per heavy atom. The quantitative estimate of drug-likeness (QED) is 0.829. The van der Waals surface area contributed by atoms with Crippen molar-refractivity contribution in [2.75, 3.05) is 0 Å². The summed E-state index contributed by atoms with van der Waals surface area (Å²) < 4.78 is 0. The summed E-state index contributed by atoms with van der Waals surface area (Å²) in [6.45, 7) is 2.00. The highest BCUT2D eigenvalue weighted by Crippen LogP contribution is 2.09. The van der Waals surface area contributed by atoms with E-state index >= 15 is 0 Å². The number of amides is 1. The van der Waals surface area contributed by atoms with E-state index in [0.717, 1.165) is 11.3 Å². The predicted octanol–water partition coefficient (Wildman–Crippen LogP) is 2.10. The van der Waals surface area contributed by atoms with E-state index in [0.29, 0.717) is 12.8 Å². The Bertz CT molecular complexity index is 340. The molecule has 0 aliphatic rings. The van der Waals surface area contributed by atoms with E-state index in [-0.39, 0.29) is 11.9 Å². The van der Waals surface area contributed by atoms with Gasteiger partial charge in [-0.3, -0.25) is 4.79 Å². The molecule has 0 saturated carbocycles. The van der Waals surface area contributed by atoms with Crippen LogP contribution in [-0.2, 0) is 11.2 Å². The molecule has 1 amide bonds. The van der Waals surface area contributed by atoms with E-state index in [1.165, 1.54) is 0 Å². The van der Waals surface area contributed by atoms with Crippen LogP contribution in [0.15, 0.2) is 17.5 Å². The van der Waals surface area contributed by atoms with E-state index in [1.807, 2.05) is 24.4 Å². The molecular weight excluding hydrogens is 208 g/mol. The minimum atomic E-state index is -0.345. The van der Waals surface area contributed by atoms with Crippen molar-refractivity contribution in [3.63, 3.8) is 0 Å². The van der Waals surface area contributed by atoms with Crippen LogP contribution in [-0.4, -0.2) is 11.9 Å². The maximum absolute atomic E-state index is 11.5. The molecular formula is C11H14N2OS.